The first-order valence-electron chi connectivity index (χ1n) is 8.55. The van der Waals surface area contributed by atoms with E-state index in [0.29, 0.717) is 33.8 Å². The van der Waals surface area contributed by atoms with E-state index in [1.807, 2.05) is 19.0 Å². The number of benzene rings is 2. The van der Waals surface area contributed by atoms with Crippen LogP contribution in [0, 0.1) is 13.8 Å². The van der Waals surface area contributed by atoms with E-state index >= 15 is 0 Å². The van der Waals surface area contributed by atoms with Gasteiger partial charge in [0.15, 0.2) is 5.13 Å². The van der Waals surface area contributed by atoms with Gasteiger partial charge >= 0.3 is 0 Å². The molecule has 1 aromatic heterocycles. The van der Waals surface area contributed by atoms with E-state index < -0.39 is 0 Å². The highest BCUT2D eigenvalue weighted by Gasteiger charge is 2.22. The number of carbonyl (C=O) groups is 1. The molecule has 0 aliphatic heterocycles. The molecule has 0 spiro atoms. The number of amides is 1. The van der Waals surface area contributed by atoms with Crippen LogP contribution in [0.25, 0.3) is 10.2 Å². The smallest absolute Gasteiger partial charge is 0.260 e. The molecule has 28 heavy (non-hydrogen) atoms. The van der Waals surface area contributed by atoms with Crippen LogP contribution in [0.4, 0.5) is 5.13 Å². The van der Waals surface area contributed by atoms with E-state index in [1.54, 1.807) is 23.1 Å². The number of carbonyl (C=O) groups excluding carboxylic acids is 1. The molecule has 0 saturated carbocycles. The Labute approximate surface area is 185 Å². The minimum absolute atomic E-state index is 0. The van der Waals surface area contributed by atoms with Gasteiger partial charge in [0.2, 0.25) is 0 Å². The predicted molar refractivity (Wildman–Crippen MR) is 123 cm³/mol. The number of hydrogen-bond acceptors (Lipinski definition) is 4. The third-order valence-corrected chi connectivity index (χ3v) is 5.91. The Morgan fingerprint density at radius 2 is 1.71 bits per heavy atom. The van der Waals surface area contributed by atoms with Gasteiger partial charge in [-0.25, -0.2) is 4.98 Å². The summed E-state index contributed by atoms with van der Waals surface area (Å²) in [6.45, 7) is 5.36. The number of halogens is 3. The largest absolute Gasteiger partial charge is 0.308 e. The Balaban J connectivity index is 0.00000280. The highest BCUT2D eigenvalue weighted by atomic mass is 35.5. The molecular formula is C20H22Cl3N3OS. The van der Waals surface area contributed by atoms with Gasteiger partial charge in [0.05, 0.1) is 10.2 Å². The molecule has 0 unspecified atom stereocenters. The lowest BCUT2D eigenvalue weighted by molar-refractivity contribution is 0.0985. The van der Waals surface area contributed by atoms with Crippen molar-refractivity contribution in [3.63, 3.8) is 0 Å². The van der Waals surface area contributed by atoms with Crippen LogP contribution in [0.1, 0.15) is 21.5 Å². The first-order chi connectivity index (χ1) is 12.8. The van der Waals surface area contributed by atoms with Gasteiger partial charge < -0.3 is 4.90 Å². The maximum absolute atomic E-state index is 13.2. The monoisotopic (exact) mass is 457 g/mol. The zero-order chi connectivity index (χ0) is 19.7. The highest BCUT2D eigenvalue weighted by molar-refractivity contribution is 7.22. The number of rotatable bonds is 5. The average molecular weight is 459 g/mol. The van der Waals surface area contributed by atoms with Crippen LogP contribution in [0.2, 0.25) is 10.0 Å². The Morgan fingerprint density at radius 3 is 2.32 bits per heavy atom. The molecule has 0 fully saturated rings. The fraction of sp³-hybridized carbons (Fsp3) is 0.300. The molecule has 0 aliphatic carbocycles. The molecule has 0 radical (unpaired) electrons. The minimum atomic E-state index is -0.158. The quantitative estimate of drug-likeness (QED) is 0.481. The number of aryl methyl sites for hydroxylation is 2. The van der Waals surface area contributed by atoms with Gasteiger partial charge in [-0.3, -0.25) is 9.69 Å². The van der Waals surface area contributed by atoms with Gasteiger partial charge in [0.1, 0.15) is 0 Å². The number of aromatic nitrogens is 1. The van der Waals surface area contributed by atoms with E-state index in [0.717, 1.165) is 15.8 Å². The van der Waals surface area contributed by atoms with Gasteiger partial charge in [-0.15, -0.1) is 12.4 Å². The molecule has 4 nitrogen and oxygen atoms in total. The first-order valence-corrected chi connectivity index (χ1v) is 10.1. The van der Waals surface area contributed by atoms with Crippen molar-refractivity contribution >= 4 is 68.2 Å². The van der Waals surface area contributed by atoms with Gasteiger partial charge in [0, 0.05) is 28.7 Å². The van der Waals surface area contributed by atoms with E-state index in [2.05, 4.69) is 26.0 Å². The summed E-state index contributed by atoms with van der Waals surface area (Å²) in [5.41, 5.74) is 3.73. The molecule has 1 amide bonds. The first kappa shape index (κ1) is 22.9. The van der Waals surface area contributed by atoms with Gasteiger partial charge in [-0.2, -0.15) is 0 Å². The van der Waals surface area contributed by atoms with Crippen molar-refractivity contribution in [3.8, 4) is 0 Å². The molecule has 3 aromatic rings. The van der Waals surface area contributed by atoms with Gasteiger partial charge in [0.25, 0.3) is 5.91 Å². The second kappa shape index (κ2) is 9.42. The number of fused-ring (bicyclic) bond motifs is 1. The average Bonchev–Trinajstić information content (AvgIpc) is 3.02. The van der Waals surface area contributed by atoms with Crippen molar-refractivity contribution < 1.29 is 4.79 Å². The molecule has 1 heterocycles. The van der Waals surface area contributed by atoms with E-state index in [1.165, 1.54) is 16.9 Å². The fourth-order valence-electron chi connectivity index (χ4n) is 2.75. The molecule has 0 N–H and O–H groups in total. The van der Waals surface area contributed by atoms with Crippen molar-refractivity contribution in [1.82, 2.24) is 9.88 Å². The molecule has 2 aromatic carbocycles. The van der Waals surface area contributed by atoms with Crippen molar-refractivity contribution in [2.45, 2.75) is 13.8 Å². The zero-order valence-corrected chi connectivity index (χ0v) is 19.3. The Bertz CT molecular complexity index is 984. The maximum atomic E-state index is 13.2. The second-order valence-corrected chi connectivity index (χ2v) is 8.65. The Hall–Kier alpha value is -1.37. The SMILES string of the molecule is Cc1ccc2sc(N(CCN(C)C)C(=O)c3cc(Cl)cc(Cl)c3)nc2c1C.Cl. The molecule has 0 bridgehead atoms. The molecule has 3 rings (SSSR count). The van der Waals surface area contributed by atoms with E-state index in [4.69, 9.17) is 28.2 Å². The van der Waals surface area contributed by atoms with Crippen LogP contribution < -0.4 is 4.90 Å². The van der Waals surface area contributed by atoms with E-state index in [-0.39, 0.29) is 18.3 Å². The van der Waals surface area contributed by atoms with Crippen LogP contribution >= 0.6 is 46.9 Å². The van der Waals surface area contributed by atoms with Crippen LogP contribution in [-0.4, -0.2) is 43.0 Å². The summed E-state index contributed by atoms with van der Waals surface area (Å²) in [5.74, 6) is -0.158. The van der Waals surface area contributed by atoms with Gasteiger partial charge in [-0.1, -0.05) is 40.6 Å². The van der Waals surface area contributed by atoms with Crippen molar-refractivity contribution in [2.75, 3.05) is 32.1 Å². The lowest BCUT2D eigenvalue weighted by Gasteiger charge is -2.22. The summed E-state index contributed by atoms with van der Waals surface area (Å²) in [4.78, 5) is 21.8. The highest BCUT2D eigenvalue weighted by Crippen LogP contribution is 2.33. The van der Waals surface area contributed by atoms with Crippen molar-refractivity contribution in [3.05, 3.63) is 57.1 Å². The van der Waals surface area contributed by atoms with Crippen molar-refractivity contribution in [1.29, 1.82) is 0 Å². The van der Waals surface area contributed by atoms with E-state index in [9.17, 15) is 4.79 Å². The third kappa shape index (κ3) is 4.97. The number of hydrogen-bond donors (Lipinski definition) is 0. The topological polar surface area (TPSA) is 36.4 Å². The summed E-state index contributed by atoms with van der Waals surface area (Å²) in [5, 5.41) is 1.56. The lowest BCUT2D eigenvalue weighted by atomic mass is 10.1. The predicted octanol–water partition coefficient (Wildman–Crippen LogP) is 5.85. The summed E-state index contributed by atoms with van der Waals surface area (Å²) >= 11 is 13.7. The number of nitrogens with zero attached hydrogens (tertiary/aromatic N) is 3. The summed E-state index contributed by atoms with van der Waals surface area (Å²) < 4.78 is 1.07. The second-order valence-electron chi connectivity index (χ2n) is 6.77. The maximum Gasteiger partial charge on any atom is 0.260 e. The van der Waals surface area contributed by atoms with Crippen LogP contribution in [0.15, 0.2) is 30.3 Å². The number of likely N-dealkylation sites (N-methyl/N-ethyl adjacent to an activating group) is 1. The number of thiazole rings is 1. The molecule has 0 atom stereocenters. The zero-order valence-electron chi connectivity index (χ0n) is 16.1. The molecule has 0 saturated heterocycles. The molecular weight excluding hydrogens is 437 g/mol. The number of anilines is 1. The van der Waals surface area contributed by atoms with Gasteiger partial charge in [-0.05, 0) is 63.3 Å². The molecule has 8 heteroatoms. The lowest BCUT2D eigenvalue weighted by Crippen LogP contribution is -2.36. The normalized spacial score (nSPS) is 11.0. The Morgan fingerprint density at radius 1 is 1.07 bits per heavy atom. The summed E-state index contributed by atoms with van der Waals surface area (Å²) in [6.07, 6.45) is 0. The standard InChI is InChI=1S/C20H21Cl2N3OS.ClH/c1-12-5-6-17-18(13(12)2)23-20(27-17)25(8-7-24(3)4)19(26)14-9-15(21)11-16(22)10-14;/h5-6,9-11H,7-8H2,1-4H3;1H. The van der Waals surface area contributed by atoms with Crippen LogP contribution in [0.3, 0.4) is 0 Å². The minimum Gasteiger partial charge on any atom is -0.308 e. The Kier molecular flexibility index (Phi) is 7.71. The third-order valence-electron chi connectivity index (χ3n) is 4.43. The van der Waals surface area contributed by atoms with Crippen molar-refractivity contribution in [2.24, 2.45) is 0 Å². The summed E-state index contributed by atoms with van der Waals surface area (Å²) in [6, 6.07) is 9.04. The van der Waals surface area contributed by atoms with Crippen LogP contribution in [0.5, 0.6) is 0 Å². The van der Waals surface area contributed by atoms with Crippen LogP contribution in [-0.2, 0) is 0 Å². The fourth-order valence-corrected chi connectivity index (χ4v) is 4.32. The summed E-state index contributed by atoms with van der Waals surface area (Å²) in [7, 11) is 3.95. The molecule has 150 valence electrons. The molecule has 0 aliphatic rings.